The summed E-state index contributed by atoms with van der Waals surface area (Å²) in [4.78, 5) is 48.5. The van der Waals surface area contributed by atoms with Crippen LogP contribution in [0, 0.1) is 0 Å². The van der Waals surface area contributed by atoms with Crippen molar-refractivity contribution in [1.29, 1.82) is 0 Å². The second-order valence-electron chi connectivity index (χ2n) is 19.1. The highest BCUT2D eigenvalue weighted by Gasteiger charge is 2.28. The highest BCUT2D eigenvalue weighted by Crippen LogP contribution is 2.43. The normalized spacial score (nSPS) is 13.9. The number of allylic oxidation sites excluding steroid dienone is 12. The van der Waals surface area contributed by atoms with Crippen molar-refractivity contribution in [3.63, 3.8) is 0 Å². The molecule has 416 valence electrons. The Balaban J connectivity index is 4.78. The van der Waals surface area contributed by atoms with Gasteiger partial charge < -0.3 is 24.2 Å². The predicted molar refractivity (Wildman–Crippen MR) is 298 cm³/mol. The van der Waals surface area contributed by atoms with Crippen molar-refractivity contribution in [2.75, 3.05) is 26.4 Å². The Morgan fingerprint density at radius 2 is 0.722 bits per heavy atom. The minimum Gasteiger partial charge on any atom is -0.462 e. The number of ether oxygens (including phenoxy) is 3. The minimum absolute atomic E-state index is 0.152. The predicted octanol–water partition coefficient (Wildman–Crippen LogP) is 16.9. The molecule has 0 aliphatic rings. The highest BCUT2D eigenvalue weighted by atomic mass is 31.2. The molecule has 0 bridgehead atoms. The molecule has 0 aromatic carbocycles. The van der Waals surface area contributed by atoms with Gasteiger partial charge in [-0.15, -0.1) is 0 Å². The third-order valence-corrected chi connectivity index (χ3v) is 13.1. The lowest BCUT2D eigenvalue weighted by Gasteiger charge is -2.21. The number of unbranched alkanes of at least 4 members (excludes halogenated alkanes) is 24. The van der Waals surface area contributed by atoms with Gasteiger partial charge in [0, 0.05) is 19.3 Å². The number of aliphatic hydroxyl groups is 1. The molecule has 11 nitrogen and oxygen atoms in total. The zero-order valence-corrected chi connectivity index (χ0v) is 46.8. The molecular formula is C60H105O11P. The van der Waals surface area contributed by atoms with Gasteiger partial charge in [-0.25, -0.2) is 4.57 Å². The first-order valence-corrected chi connectivity index (χ1v) is 30.3. The maximum atomic E-state index is 12.9. The number of aliphatic hydroxyl groups excluding tert-OH is 1. The maximum absolute atomic E-state index is 12.9. The lowest BCUT2D eigenvalue weighted by atomic mass is 10.1. The summed E-state index contributed by atoms with van der Waals surface area (Å²) in [5.41, 5.74) is 0. The zero-order valence-electron chi connectivity index (χ0n) is 45.9. The highest BCUT2D eigenvalue weighted by molar-refractivity contribution is 7.47. The van der Waals surface area contributed by atoms with Crippen LogP contribution in [0.25, 0.3) is 0 Å². The molecule has 12 heteroatoms. The smallest absolute Gasteiger partial charge is 0.462 e. The van der Waals surface area contributed by atoms with Gasteiger partial charge in [0.15, 0.2) is 6.10 Å². The summed E-state index contributed by atoms with van der Waals surface area (Å²) in [6.45, 7) is 4.47. The van der Waals surface area contributed by atoms with Gasteiger partial charge in [0.25, 0.3) is 0 Å². The molecule has 3 atom stereocenters. The number of esters is 3. The summed E-state index contributed by atoms with van der Waals surface area (Å²) in [6, 6.07) is 0. The van der Waals surface area contributed by atoms with Crippen LogP contribution in [0.3, 0.4) is 0 Å². The first kappa shape index (κ1) is 68.9. The van der Waals surface area contributed by atoms with Crippen LogP contribution in [0.4, 0.5) is 0 Å². The molecule has 0 heterocycles. The van der Waals surface area contributed by atoms with E-state index in [1.54, 1.807) is 0 Å². The number of carbonyl (C=O) groups is 3. The van der Waals surface area contributed by atoms with Gasteiger partial charge in [-0.3, -0.25) is 23.4 Å². The van der Waals surface area contributed by atoms with E-state index in [1.807, 2.05) is 0 Å². The Labute approximate surface area is 439 Å². The monoisotopic (exact) mass is 1030 g/mol. The number of phosphoric acid groups is 1. The van der Waals surface area contributed by atoms with Crippen LogP contribution in [-0.4, -0.2) is 66.5 Å². The van der Waals surface area contributed by atoms with Crippen molar-refractivity contribution >= 4 is 25.7 Å². The zero-order chi connectivity index (χ0) is 52.7. The van der Waals surface area contributed by atoms with Crippen molar-refractivity contribution in [2.45, 2.75) is 264 Å². The summed E-state index contributed by atoms with van der Waals surface area (Å²) >= 11 is 0. The van der Waals surface area contributed by atoms with Gasteiger partial charge in [-0.05, 0) is 89.9 Å². The molecule has 0 aromatic rings. The third kappa shape index (κ3) is 51.8. The second kappa shape index (κ2) is 54.2. The number of carbonyl (C=O) groups excluding carboxylic acids is 3. The quantitative estimate of drug-likeness (QED) is 0.0197. The average Bonchev–Trinajstić information content (AvgIpc) is 3.37. The largest absolute Gasteiger partial charge is 0.472 e. The van der Waals surface area contributed by atoms with E-state index in [2.05, 4.69) is 93.7 Å². The van der Waals surface area contributed by atoms with Gasteiger partial charge in [-0.2, -0.15) is 0 Å². The molecule has 0 rings (SSSR count). The molecule has 0 aromatic heterocycles. The second-order valence-corrected chi connectivity index (χ2v) is 20.5. The van der Waals surface area contributed by atoms with Crippen LogP contribution in [-0.2, 0) is 42.2 Å². The molecule has 0 spiro atoms. The van der Waals surface area contributed by atoms with Gasteiger partial charge in [-0.1, -0.05) is 216 Å². The number of rotatable bonds is 53. The Morgan fingerprint density at radius 3 is 1.14 bits per heavy atom. The Hall–Kier alpha value is -3.08. The molecule has 0 radical (unpaired) electrons. The van der Waals surface area contributed by atoms with Crippen LogP contribution in [0.1, 0.15) is 252 Å². The van der Waals surface area contributed by atoms with Gasteiger partial charge in [0.1, 0.15) is 12.7 Å². The summed E-state index contributed by atoms with van der Waals surface area (Å²) in [5.74, 6) is -1.50. The maximum Gasteiger partial charge on any atom is 0.472 e. The third-order valence-electron chi connectivity index (χ3n) is 12.1. The first-order chi connectivity index (χ1) is 35.2. The molecule has 0 aliphatic carbocycles. The fourth-order valence-electron chi connectivity index (χ4n) is 7.73. The molecule has 0 fully saturated rings. The standard InChI is InChI=1S/C60H105O11P/c1-4-7-10-13-16-19-22-24-26-28-30-32-35-37-40-43-46-49-58(62)67-53-57(71-60(64)51-48-45-42-39-36-33-31-29-27-25-23-20-17-14-11-8-5-2)55-69-72(65,66)68-54-56(52-61)70-59(63)50-47-44-41-38-34-21-18-15-12-9-6-3/h7,10,16-17,19-20,24-27,30,32,56-57,61H,4-6,8-9,11-15,18,21-23,28-29,31,33-55H2,1-3H3,(H,65,66)/b10-7-,19-16-,20-17-,26-24-,27-25-,32-30-. The number of hydrogen-bond donors (Lipinski definition) is 2. The summed E-state index contributed by atoms with van der Waals surface area (Å²) in [7, 11) is -4.75. The topological polar surface area (TPSA) is 155 Å². The molecule has 0 saturated heterocycles. The van der Waals surface area contributed by atoms with Gasteiger partial charge in [0.2, 0.25) is 0 Å². The lowest BCUT2D eigenvalue weighted by Crippen LogP contribution is -2.30. The number of hydrogen-bond acceptors (Lipinski definition) is 10. The average molecular weight is 1030 g/mol. The first-order valence-electron chi connectivity index (χ1n) is 28.8. The van der Waals surface area contributed by atoms with Crippen molar-refractivity contribution in [3.05, 3.63) is 72.9 Å². The fourth-order valence-corrected chi connectivity index (χ4v) is 8.51. The van der Waals surface area contributed by atoms with Crippen LogP contribution in [0.2, 0.25) is 0 Å². The van der Waals surface area contributed by atoms with Crippen molar-refractivity contribution in [2.24, 2.45) is 0 Å². The SMILES string of the molecule is CC/C=C\C/C=C\C/C=C\C/C=C\CCCCCCC(=O)OCC(COP(=O)(O)OCC(CO)OC(=O)CCCCCCCCCCCCC)OC(=O)CCCCCCCCC/C=C\C/C=C\CCCCC. The molecule has 3 unspecified atom stereocenters. The van der Waals surface area contributed by atoms with E-state index in [0.29, 0.717) is 19.3 Å². The van der Waals surface area contributed by atoms with E-state index in [9.17, 15) is 28.9 Å². The summed E-state index contributed by atoms with van der Waals surface area (Å²) in [5, 5.41) is 9.79. The van der Waals surface area contributed by atoms with Crippen molar-refractivity contribution < 1.29 is 52.2 Å². The van der Waals surface area contributed by atoms with Crippen LogP contribution >= 0.6 is 7.82 Å². The van der Waals surface area contributed by atoms with Crippen molar-refractivity contribution in [1.82, 2.24) is 0 Å². The van der Waals surface area contributed by atoms with E-state index in [0.717, 1.165) is 109 Å². The lowest BCUT2D eigenvalue weighted by molar-refractivity contribution is -0.161. The van der Waals surface area contributed by atoms with Crippen LogP contribution < -0.4 is 0 Å². The van der Waals surface area contributed by atoms with Gasteiger partial charge >= 0.3 is 25.7 Å². The van der Waals surface area contributed by atoms with E-state index in [1.165, 1.54) is 83.5 Å². The number of phosphoric ester groups is 1. The van der Waals surface area contributed by atoms with Crippen LogP contribution in [0.5, 0.6) is 0 Å². The Bertz CT molecular complexity index is 1490. The summed E-state index contributed by atoms with van der Waals surface area (Å²) in [6.07, 6.45) is 60.0. The van der Waals surface area contributed by atoms with E-state index in [4.69, 9.17) is 23.3 Å². The molecule has 0 saturated carbocycles. The minimum atomic E-state index is -4.75. The van der Waals surface area contributed by atoms with Gasteiger partial charge in [0.05, 0.1) is 19.8 Å². The van der Waals surface area contributed by atoms with Crippen LogP contribution in [0.15, 0.2) is 72.9 Å². The molecular weight excluding hydrogens is 928 g/mol. The van der Waals surface area contributed by atoms with E-state index < -0.39 is 57.8 Å². The van der Waals surface area contributed by atoms with Crippen molar-refractivity contribution in [3.8, 4) is 0 Å². The molecule has 0 amide bonds. The Kier molecular flexibility index (Phi) is 51.9. The molecule has 0 aliphatic heterocycles. The van der Waals surface area contributed by atoms with E-state index >= 15 is 0 Å². The fraction of sp³-hybridized carbons (Fsp3) is 0.750. The summed E-state index contributed by atoms with van der Waals surface area (Å²) < 4.78 is 39.5. The molecule has 72 heavy (non-hydrogen) atoms. The van der Waals surface area contributed by atoms with E-state index in [-0.39, 0.29) is 25.9 Å². The molecule has 2 N–H and O–H groups in total. The Morgan fingerprint density at radius 1 is 0.403 bits per heavy atom.